The molecule has 1 N–H and O–H groups in total. The minimum absolute atomic E-state index is 0.000130. The van der Waals surface area contributed by atoms with Gasteiger partial charge in [-0.2, -0.15) is 0 Å². The highest BCUT2D eigenvalue weighted by Crippen LogP contribution is 2.22. The third kappa shape index (κ3) is 5.38. The Morgan fingerprint density at radius 1 is 1.33 bits per heavy atom. The lowest BCUT2D eigenvalue weighted by Crippen LogP contribution is -2.45. The van der Waals surface area contributed by atoms with E-state index in [1.54, 1.807) is 0 Å². The van der Waals surface area contributed by atoms with Crippen LogP contribution in [0.2, 0.25) is 0 Å². The number of hydrogen-bond acceptors (Lipinski definition) is 2. The summed E-state index contributed by atoms with van der Waals surface area (Å²) in [5.41, 5.74) is 0. The van der Waals surface area contributed by atoms with E-state index in [0.717, 1.165) is 25.4 Å². The molecule has 1 atom stereocenters. The maximum Gasteiger partial charge on any atom is 0.237 e. The topological polar surface area (TPSA) is 32.3 Å². The van der Waals surface area contributed by atoms with Crippen molar-refractivity contribution in [2.45, 2.75) is 64.8 Å². The molecular formula is C15H30N2O. The maximum absolute atomic E-state index is 12.0. The number of amides is 1. The van der Waals surface area contributed by atoms with E-state index in [-0.39, 0.29) is 11.9 Å². The van der Waals surface area contributed by atoms with Gasteiger partial charge in [0.25, 0.3) is 0 Å². The van der Waals surface area contributed by atoms with Crippen LogP contribution in [0.1, 0.15) is 58.8 Å². The van der Waals surface area contributed by atoms with Crippen molar-refractivity contribution < 1.29 is 4.79 Å². The van der Waals surface area contributed by atoms with Crippen molar-refractivity contribution in [1.29, 1.82) is 0 Å². The zero-order chi connectivity index (χ0) is 13.4. The molecule has 1 unspecified atom stereocenters. The van der Waals surface area contributed by atoms with Crippen LogP contribution < -0.4 is 5.32 Å². The van der Waals surface area contributed by atoms with E-state index in [4.69, 9.17) is 0 Å². The molecule has 1 aliphatic rings. The standard InChI is InChI=1S/C15H30N2O/c1-4-5-11-17(3)13(2)15(18)16-12-14-9-7-6-8-10-14/h13-14H,4-12H2,1-3H3,(H,16,18). The van der Waals surface area contributed by atoms with Gasteiger partial charge in [-0.25, -0.2) is 0 Å². The molecule has 0 aliphatic heterocycles. The van der Waals surface area contributed by atoms with Crippen molar-refractivity contribution in [3.05, 3.63) is 0 Å². The Labute approximate surface area is 112 Å². The number of rotatable bonds is 7. The van der Waals surface area contributed by atoms with Gasteiger partial charge in [-0.05, 0) is 45.7 Å². The van der Waals surface area contributed by atoms with Crippen molar-refractivity contribution in [2.75, 3.05) is 20.1 Å². The molecule has 1 saturated carbocycles. The number of nitrogens with zero attached hydrogens (tertiary/aromatic N) is 1. The first-order chi connectivity index (χ1) is 8.65. The summed E-state index contributed by atoms with van der Waals surface area (Å²) in [4.78, 5) is 14.2. The quantitative estimate of drug-likeness (QED) is 0.757. The summed E-state index contributed by atoms with van der Waals surface area (Å²) in [7, 11) is 2.04. The Hall–Kier alpha value is -0.570. The molecule has 0 aromatic rings. The van der Waals surface area contributed by atoms with Gasteiger partial charge in [0, 0.05) is 6.54 Å². The smallest absolute Gasteiger partial charge is 0.237 e. The molecule has 1 aliphatic carbocycles. The summed E-state index contributed by atoms with van der Waals surface area (Å²) in [6.07, 6.45) is 8.98. The van der Waals surface area contributed by atoms with Crippen LogP contribution in [0.3, 0.4) is 0 Å². The van der Waals surface area contributed by atoms with Gasteiger partial charge in [-0.1, -0.05) is 32.6 Å². The van der Waals surface area contributed by atoms with Gasteiger partial charge in [-0.15, -0.1) is 0 Å². The average Bonchev–Trinajstić information content (AvgIpc) is 2.42. The van der Waals surface area contributed by atoms with Crippen LogP contribution in [0.15, 0.2) is 0 Å². The van der Waals surface area contributed by atoms with Gasteiger partial charge in [0.1, 0.15) is 0 Å². The number of unbranched alkanes of at least 4 members (excludes halogenated alkanes) is 1. The van der Waals surface area contributed by atoms with Crippen molar-refractivity contribution in [3.8, 4) is 0 Å². The number of likely N-dealkylation sites (N-methyl/N-ethyl adjacent to an activating group) is 1. The first kappa shape index (κ1) is 15.5. The Morgan fingerprint density at radius 3 is 2.61 bits per heavy atom. The van der Waals surface area contributed by atoms with E-state index < -0.39 is 0 Å². The van der Waals surface area contributed by atoms with Crippen LogP contribution in [-0.4, -0.2) is 37.0 Å². The molecule has 18 heavy (non-hydrogen) atoms. The van der Waals surface area contributed by atoms with E-state index in [1.807, 2.05) is 14.0 Å². The average molecular weight is 254 g/mol. The van der Waals surface area contributed by atoms with Crippen LogP contribution in [0.4, 0.5) is 0 Å². The summed E-state index contributed by atoms with van der Waals surface area (Å²) in [5, 5.41) is 3.13. The van der Waals surface area contributed by atoms with Gasteiger partial charge >= 0.3 is 0 Å². The fraction of sp³-hybridized carbons (Fsp3) is 0.933. The number of carbonyl (C=O) groups excluding carboxylic acids is 1. The summed E-state index contributed by atoms with van der Waals surface area (Å²) in [5.74, 6) is 0.912. The lowest BCUT2D eigenvalue weighted by Gasteiger charge is -2.26. The molecule has 0 heterocycles. The molecule has 1 fully saturated rings. The summed E-state index contributed by atoms with van der Waals surface area (Å²) in [6.45, 7) is 6.08. The second kappa shape index (κ2) is 8.52. The monoisotopic (exact) mass is 254 g/mol. The number of nitrogens with one attached hydrogen (secondary N) is 1. The van der Waals surface area contributed by atoms with Crippen LogP contribution in [-0.2, 0) is 4.79 Å². The highest BCUT2D eigenvalue weighted by molar-refractivity contribution is 5.81. The summed E-state index contributed by atoms with van der Waals surface area (Å²) >= 11 is 0. The first-order valence-electron chi connectivity index (χ1n) is 7.63. The predicted octanol–water partition coefficient (Wildman–Crippen LogP) is 2.80. The molecule has 0 aromatic heterocycles. The molecule has 106 valence electrons. The Morgan fingerprint density at radius 2 is 2.00 bits per heavy atom. The molecule has 1 rings (SSSR count). The largest absolute Gasteiger partial charge is 0.354 e. The zero-order valence-electron chi connectivity index (χ0n) is 12.4. The molecule has 3 nitrogen and oxygen atoms in total. The Kier molecular flexibility index (Phi) is 7.33. The predicted molar refractivity (Wildman–Crippen MR) is 76.6 cm³/mol. The lowest BCUT2D eigenvalue weighted by atomic mass is 9.89. The molecule has 0 spiro atoms. The van der Waals surface area contributed by atoms with Crippen LogP contribution >= 0.6 is 0 Å². The van der Waals surface area contributed by atoms with Gasteiger partial charge in [0.2, 0.25) is 5.91 Å². The van der Waals surface area contributed by atoms with Gasteiger partial charge in [0.15, 0.2) is 0 Å². The Balaban J connectivity index is 2.21. The van der Waals surface area contributed by atoms with E-state index in [9.17, 15) is 4.79 Å². The molecule has 0 saturated heterocycles. The first-order valence-corrected chi connectivity index (χ1v) is 7.63. The highest BCUT2D eigenvalue weighted by Gasteiger charge is 2.19. The second-order valence-electron chi connectivity index (χ2n) is 5.76. The minimum Gasteiger partial charge on any atom is -0.354 e. The molecule has 3 heteroatoms. The van der Waals surface area contributed by atoms with Crippen molar-refractivity contribution >= 4 is 5.91 Å². The van der Waals surface area contributed by atoms with E-state index in [2.05, 4.69) is 17.1 Å². The van der Waals surface area contributed by atoms with Gasteiger partial charge in [0.05, 0.1) is 6.04 Å². The van der Waals surface area contributed by atoms with E-state index in [1.165, 1.54) is 38.5 Å². The highest BCUT2D eigenvalue weighted by atomic mass is 16.2. The van der Waals surface area contributed by atoms with Crippen LogP contribution in [0.5, 0.6) is 0 Å². The second-order valence-corrected chi connectivity index (χ2v) is 5.76. The van der Waals surface area contributed by atoms with E-state index in [0.29, 0.717) is 0 Å². The SMILES string of the molecule is CCCCN(C)C(C)C(=O)NCC1CCCCC1. The lowest BCUT2D eigenvalue weighted by molar-refractivity contribution is -0.125. The van der Waals surface area contributed by atoms with Crippen LogP contribution in [0.25, 0.3) is 0 Å². The van der Waals surface area contributed by atoms with Crippen molar-refractivity contribution in [1.82, 2.24) is 10.2 Å². The minimum atomic E-state index is 0.000130. The van der Waals surface area contributed by atoms with Crippen LogP contribution in [0, 0.1) is 5.92 Å². The molecule has 0 aromatic carbocycles. The van der Waals surface area contributed by atoms with Gasteiger partial charge < -0.3 is 5.32 Å². The third-order valence-corrected chi connectivity index (χ3v) is 4.19. The van der Waals surface area contributed by atoms with E-state index >= 15 is 0 Å². The number of hydrogen-bond donors (Lipinski definition) is 1. The normalized spacial score (nSPS) is 18.9. The van der Waals surface area contributed by atoms with Crippen molar-refractivity contribution in [3.63, 3.8) is 0 Å². The summed E-state index contributed by atoms with van der Waals surface area (Å²) in [6, 6.07) is 0.000130. The van der Waals surface area contributed by atoms with Crippen molar-refractivity contribution in [2.24, 2.45) is 5.92 Å². The Bertz CT molecular complexity index is 237. The van der Waals surface area contributed by atoms with Gasteiger partial charge in [-0.3, -0.25) is 9.69 Å². The number of carbonyl (C=O) groups is 1. The third-order valence-electron chi connectivity index (χ3n) is 4.19. The maximum atomic E-state index is 12.0. The molecule has 0 bridgehead atoms. The molecule has 1 amide bonds. The molecular weight excluding hydrogens is 224 g/mol. The molecule has 0 radical (unpaired) electrons. The summed E-state index contributed by atoms with van der Waals surface area (Å²) < 4.78 is 0. The fourth-order valence-corrected chi connectivity index (χ4v) is 2.59. The fourth-order valence-electron chi connectivity index (χ4n) is 2.59. The zero-order valence-corrected chi connectivity index (χ0v) is 12.4.